The Hall–Kier alpha value is -5.30. The van der Waals surface area contributed by atoms with E-state index in [1.54, 1.807) is 0 Å². The first-order valence-electron chi connectivity index (χ1n) is 12.6. The number of benzene rings is 3. The predicted octanol–water partition coefficient (Wildman–Crippen LogP) is 6.70. The summed E-state index contributed by atoms with van der Waals surface area (Å²) in [4.78, 5) is 31.8. The fourth-order valence-electron chi connectivity index (χ4n) is 4.72. The summed E-state index contributed by atoms with van der Waals surface area (Å²) in [6.45, 7) is 1.65. The number of aromatic nitrogens is 3. The molecule has 0 fully saturated rings. The number of carbonyl (C=O) groups is 2. The number of rotatable bonds is 8. The van der Waals surface area contributed by atoms with Crippen LogP contribution >= 0.6 is 0 Å². The first-order chi connectivity index (χ1) is 20.5. The lowest BCUT2D eigenvalue weighted by molar-refractivity contribution is -0.137. The average Bonchev–Trinajstić information content (AvgIpc) is 3.27. The third kappa shape index (κ3) is 5.88. The number of fused-ring (bicyclic) bond motifs is 1. The Morgan fingerprint density at radius 3 is 2.42 bits per heavy atom. The largest absolute Gasteiger partial charge is 0.464 e. The van der Waals surface area contributed by atoms with Crippen molar-refractivity contribution in [3.63, 3.8) is 0 Å². The number of carboxylic acid groups (broad SMARTS) is 1. The molecule has 0 saturated carbocycles. The molecule has 1 amide bonds. The second-order valence-corrected chi connectivity index (χ2v) is 9.40. The van der Waals surface area contributed by atoms with E-state index >= 15 is 4.39 Å². The SMILES string of the molecule is Cc1c(-c2ccc(C(N)=O)cc2C(F)(F)F)c2c(F)c(Oc3cc(COCc4ccccc4)ncn3)ccc2n1C(=O)O. The van der Waals surface area contributed by atoms with Gasteiger partial charge in [0.05, 0.1) is 30.0 Å². The Morgan fingerprint density at radius 2 is 1.74 bits per heavy atom. The summed E-state index contributed by atoms with van der Waals surface area (Å²) >= 11 is 0. The summed E-state index contributed by atoms with van der Waals surface area (Å²) in [5.74, 6) is -2.72. The van der Waals surface area contributed by atoms with Gasteiger partial charge in [0.25, 0.3) is 0 Å². The van der Waals surface area contributed by atoms with E-state index < -0.39 is 51.8 Å². The van der Waals surface area contributed by atoms with Crippen molar-refractivity contribution in [3.05, 3.63) is 107 Å². The van der Waals surface area contributed by atoms with Gasteiger partial charge in [-0.05, 0) is 42.3 Å². The fourth-order valence-corrected chi connectivity index (χ4v) is 4.72. The molecule has 5 aromatic rings. The van der Waals surface area contributed by atoms with Crippen LogP contribution in [0.4, 0.5) is 22.4 Å². The maximum atomic E-state index is 16.1. The maximum absolute atomic E-state index is 16.1. The van der Waals surface area contributed by atoms with Gasteiger partial charge in [-0.3, -0.25) is 4.79 Å². The highest BCUT2D eigenvalue weighted by molar-refractivity contribution is 6.04. The molecule has 0 unspecified atom stereocenters. The molecule has 43 heavy (non-hydrogen) atoms. The monoisotopic (exact) mass is 594 g/mol. The topological polar surface area (TPSA) is 130 Å². The molecule has 0 aliphatic rings. The molecule has 220 valence electrons. The zero-order valence-electron chi connectivity index (χ0n) is 22.4. The van der Waals surface area contributed by atoms with Crippen molar-refractivity contribution in [1.82, 2.24) is 14.5 Å². The average molecular weight is 595 g/mol. The Bertz CT molecular complexity index is 1860. The number of hydrogen-bond donors (Lipinski definition) is 2. The highest BCUT2D eigenvalue weighted by atomic mass is 19.4. The van der Waals surface area contributed by atoms with Crippen molar-refractivity contribution in [2.45, 2.75) is 26.3 Å². The third-order valence-electron chi connectivity index (χ3n) is 6.62. The van der Waals surface area contributed by atoms with Crippen LogP contribution in [0.1, 0.15) is 32.9 Å². The molecule has 2 aromatic heterocycles. The smallest absolute Gasteiger partial charge is 0.417 e. The van der Waals surface area contributed by atoms with Crippen molar-refractivity contribution < 1.29 is 41.7 Å². The number of primary amides is 1. The molecule has 5 rings (SSSR count). The van der Waals surface area contributed by atoms with Crippen LogP contribution in [0.15, 0.2) is 73.1 Å². The number of halogens is 4. The number of carbonyl (C=O) groups excluding carboxylic acids is 1. The van der Waals surface area contributed by atoms with E-state index in [-0.39, 0.29) is 29.3 Å². The summed E-state index contributed by atoms with van der Waals surface area (Å²) in [6.07, 6.45) is -5.35. The molecule has 0 bridgehead atoms. The van der Waals surface area contributed by atoms with Gasteiger partial charge in [-0.25, -0.2) is 23.7 Å². The van der Waals surface area contributed by atoms with E-state index in [4.69, 9.17) is 15.2 Å². The van der Waals surface area contributed by atoms with E-state index in [1.807, 2.05) is 30.3 Å². The number of hydrogen-bond acceptors (Lipinski definition) is 6. The Kier molecular flexibility index (Phi) is 7.83. The van der Waals surface area contributed by atoms with Crippen LogP contribution in [0.5, 0.6) is 11.6 Å². The van der Waals surface area contributed by atoms with E-state index in [9.17, 15) is 27.9 Å². The lowest BCUT2D eigenvalue weighted by Gasteiger charge is -2.15. The molecule has 3 N–H and O–H groups in total. The van der Waals surface area contributed by atoms with Gasteiger partial charge in [-0.1, -0.05) is 36.4 Å². The summed E-state index contributed by atoms with van der Waals surface area (Å²) < 4.78 is 70.6. The van der Waals surface area contributed by atoms with Gasteiger partial charge >= 0.3 is 12.3 Å². The number of ether oxygens (including phenoxy) is 2. The standard InChI is InChI=1S/C30H22F4N4O5/c1-16-25(20-8-7-18(28(35)39)11-21(20)30(32,33)34)26-22(38(16)29(40)41)9-10-23(27(26)31)43-24-12-19(36-15-37-24)14-42-13-17-5-3-2-4-6-17/h2-12,15H,13-14H2,1H3,(H2,35,39)(H,40,41). The zero-order valence-corrected chi connectivity index (χ0v) is 22.4. The van der Waals surface area contributed by atoms with Crippen molar-refractivity contribution >= 4 is 22.9 Å². The van der Waals surface area contributed by atoms with E-state index in [1.165, 1.54) is 25.4 Å². The van der Waals surface area contributed by atoms with Crippen molar-refractivity contribution in [2.75, 3.05) is 0 Å². The lowest BCUT2D eigenvalue weighted by atomic mass is 9.94. The summed E-state index contributed by atoms with van der Waals surface area (Å²) in [5, 5.41) is 9.40. The molecule has 3 aromatic carbocycles. The third-order valence-corrected chi connectivity index (χ3v) is 6.62. The number of nitrogens with zero attached hydrogens (tertiary/aromatic N) is 3. The van der Waals surface area contributed by atoms with E-state index in [0.29, 0.717) is 22.9 Å². The Balaban J connectivity index is 1.56. The molecular formula is C30H22F4N4O5. The molecule has 13 heteroatoms. The number of amides is 1. The van der Waals surface area contributed by atoms with Crippen LogP contribution < -0.4 is 10.5 Å². The molecule has 0 aliphatic carbocycles. The molecule has 0 radical (unpaired) electrons. The number of nitrogens with two attached hydrogens (primary N) is 1. The Labute approximate surface area is 241 Å². The van der Waals surface area contributed by atoms with Gasteiger partial charge in [-0.15, -0.1) is 0 Å². The van der Waals surface area contributed by atoms with Crippen molar-refractivity contribution in [2.24, 2.45) is 5.73 Å². The van der Waals surface area contributed by atoms with Gasteiger partial charge in [0.2, 0.25) is 11.8 Å². The van der Waals surface area contributed by atoms with Gasteiger partial charge < -0.3 is 20.3 Å². The second-order valence-electron chi connectivity index (χ2n) is 9.40. The van der Waals surface area contributed by atoms with Gasteiger partial charge in [0.1, 0.15) is 6.33 Å². The molecular weight excluding hydrogens is 572 g/mol. The van der Waals surface area contributed by atoms with Crippen LogP contribution in [0, 0.1) is 12.7 Å². The van der Waals surface area contributed by atoms with Crippen molar-refractivity contribution in [1.29, 1.82) is 0 Å². The van der Waals surface area contributed by atoms with Crippen LogP contribution in [0.2, 0.25) is 0 Å². The first kappa shape index (κ1) is 29.2. The van der Waals surface area contributed by atoms with Crippen molar-refractivity contribution in [3.8, 4) is 22.8 Å². The molecule has 2 heterocycles. The minimum atomic E-state index is -4.99. The lowest BCUT2D eigenvalue weighted by Crippen LogP contribution is -2.15. The van der Waals surface area contributed by atoms with E-state index in [2.05, 4.69) is 9.97 Å². The Morgan fingerprint density at radius 1 is 1.00 bits per heavy atom. The predicted molar refractivity (Wildman–Crippen MR) is 146 cm³/mol. The minimum absolute atomic E-state index is 0.0794. The van der Waals surface area contributed by atoms with Crippen LogP contribution in [-0.4, -0.2) is 31.6 Å². The van der Waals surface area contributed by atoms with E-state index in [0.717, 1.165) is 23.8 Å². The molecule has 0 saturated heterocycles. The molecule has 9 nitrogen and oxygen atoms in total. The van der Waals surface area contributed by atoms with Crippen LogP contribution in [0.3, 0.4) is 0 Å². The van der Waals surface area contributed by atoms with Gasteiger partial charge in [0, 0.05) is 28.3 Å². The zero-order chi connectivity index (χ0) is 30.9. The normalized spacial score (nSPS) is 11.6. The minimum Gasteiger partial charge on any atom is -0.464 e. The highest BCUT2D eigenvalue weighted by Crippen LogP contribution is 2.45. The molecule has 0 atom stereocenters. The molecule has 0 spiro atoms. The summed E-state index contributed by atoms with van der Waals surface area (Å²) in [5.41, 5.74) is 3.53. The van der Waals surface area contributed by atoms with Crippen LogP contribution in [-0.2, 0) is 24.1 Å². The quantitative estimate of drug-likeness (QED) is 0.191. The van der Waals surface area contributed by atoms with Crippen LogP contribution in [0.25, 0.3) is 22.0 Å². The number of alkyl halides is 3. The first-order valence-corrected chi connectivity index (χ1v) is 12.6. The maximum Gasteiger partial charge on any atom is 0.417 e. The fraction of sp³-hybridized carbons (Fsp3) is 0.133. The summed E-state index contributed by atoms with van der Waals surface area (Å²) in [6, 6.07) is 15.7. The second kappa shape index (κ2) is 11.5. The van der Waals surface area contributed by atoms with Gasteiger partial charge in [0.15, 0.2) is 11.6 Å². The highest BCUT2D eigenvalue weighted by Gasteiger charge is 2.37. The summed E-state index contributed by atoms with van der Waals surface area (Å²) in [7, 11) is 0. The van der Waals surface area contributed by atoms with Gasteiger partial charge in [-0.2, -0.15) is 13.2 Å². The molecule has 0 aliphatic heterocycles.